The fourth-order valence-electron chi connectivity index (χ4n) is 3.41. The quantitative estimate of drug-likeness (QED) is 0.740. The molecule has 0 spiro atoms. The average molecular weight is 311 g/mol. The first-order valence-corrected chi connectivity index (χ1v) is 8.15. The molecule has 3 aromatic rings. The van der Waals surface area contributed by atoms with Gasteiger partial charge in [0.05, 0.1) is 30.4 Å². The summed E-state index contributed by atoms with van der Waals surface area (Å²) in [6, 6.07) is 8.23. The van der Waals surface area contributed by atoms with Crippen LogP contribution in [0.25, 0.3) is 21.9 Å². The number of benzene rings is 1. The number of nitrogens with zero attached hydrogens (tertiary/aromatic N) is 3. The molecule has 120 valence electrons. The zero-order chi connectivity index (χ0) is 15.9. The molecule has 0 aliphatic carbocycles. The molecule has 5 heteroatoms. The average Bonchev–Trinajstić information content (AvgIpc) is 3.12. The zero-order valence-corrected chi connectivity index (χ0v) is 13.6. The van der Waals surface area contributed by atoms with E-state index < -0.39 is 5.79 Å². The molecule has 2 aromatic heterocycles. The van der Waals surface area contributed by atoms with Crippen LogP contribution in [0.4, 0.5) is 0 Å². The summed E-state index contributed by atoms with van der Waals surface area (Å²) >= 11 is 0. The lowest BCUT2D eigenvalue weighted by molar-refractivity contribution is -0.147. The van der Waals surface area contributed by atoms with Gasteiger partial charge in [-0.1, -0.05) is 18.2 Å². The summed E-state index contributed by atoms with van der Waals surface area (Å²) < 4.78 is 13.7. The Kier molecular flexibility index (Phi) is 3.54. The van der Waals surface area contributed by atoms with Crippen LogP contribution in [-0.4, -0.2) is 33.5 Å². The number of imidazole rings is 1. The maximum absolute atomic E-state index is 5.69. The largest absolute Gasteiger partial charge is 0.348 e. The van der Waals surface area contributed by atoms with E-state index in [2.05, 4.69) is 33.6 Å². The first-order valence-electron chi connectivity index (χ1n) is 8.15. The summed E-state index contributed by atoms with van der Waals surface area (Å²) in [6.45, 7) is 6.37. The Morgan fingerprint density at radius 2 is 1.96 bits per heavy atom. The van der Waals surface area contributed by atoms with Crippen molar-refractivity contribution >= 4 is 21.9 Å². The maximum Gasteiger partial charge on any atom is 0.165 e. The molecular formula is C18H21N3O2. The number of para-hydroxylation sites is 1. The summed E-state index contributed by atoms with van der Waals surface area (Å²) in [5.41, 5.74) is 3.14. The van der Waals surface area contributed by atoms with Crippen molar-refractivity contribution in [1.82, 2.24) is 14.5 Å². The van der Waals surface area contributed by atoms with Crippen LogP contribution in [0.3, 0.4) is 0 Å². The fourth-order valence-corrected chi connectivity index (χ4v) is 3.41. The van der Waals surface area contributed by atoms with Crippen molar-refractivity contribution in [3.05, 3.63) is 36.3 Å². The molecule has 1 aromatic carbocycles. The van der Waals surface area contributed by atoms with Gasteiger partial charge in [-0.2, -0.15) is 0 Å². The van der Waals surface area contributed by atoms with Crippen LogP contribution in [0, 0.1) is 6.92 Å². The van der Waals surface area contributed by atoms with Gasteiger partial charge < -0.3 is 14.0 Å². The molecule has 4 rings (SSSR count). The topological polar surface area (TPSA) is 49.2 Å². The van der Waals surface area contributed by atoms with Gasteiger partial charge in [-0.15, -0.1) is 0 Å². The SMILES string of the molecule is Cc1nc2cnc3ccccc3c2n1CCCC1(C)OCCO1. The second kappa shape index (κ2) is 5.58. The fraction of sp³-hybridized carbons (Fsp3) is 0.444. The molecule has 1 aliphatic rings. The lowest BCUT2D eigenvalue weighted by Gasteiger charge is -2.22. The number of pyridine rings is 1. The van der Waals surface area contributed by atoms with Gasteiger partial charge in [0.25, 0.3) is 0 Å². The van der Waals surface area contributed by atoms with E-state index in [9.17, 15) is 0 Å². The number of aryl methyl sites for hydroxylation is 2. The van der Waals surface area contributed by atoms with Gasteiger partial charge in [0.1, 0.15) is 11.3 Å². The molecule has 5 nitrogen and oxygen atoms in total. The molecule has 0 bridgehead atoms. The van der Waals surface area contributed by atoms with Crippen LogP contribution in [0.15, 0.2) is 30.5 Å². The number of ether oxygens (including phenoxy) is 2. The third kappa shape index (κ3) is 2.60. The molecule has 1 fully saturated rings. The van der Waals surface area contributed by atoms with E-state index >= 15 is 0 Å². The third-order valence-corrected chi connectivity index (χ3v) is 4.58. The number of fused-ring (bicyclic) bond motifs is 3. The van der Waals surface area contributed by atoms with Crippen LogP contribution in [0.5, 0.6) is 0 Å². The number of hydrogen-bond donors (Lipinski definition) is 0. The highest BCUT2D eigenvalue weighted by molar-refractivity contribution is 6.02. The minimum atomic E-state index is -0.423. The Balaban J connectivity index is 1.66. The van der Waals surface area contributed by atoms with Crippen LogP contribution in [0.1, 0.15) is 25.6 Å². The molecule has 1 aliphatic heterocycles. The molecule has 0 amide bonds. The van der Waals surface area contributed by atoms with Gasteiger partial charge in [-0.05, 0) is 26.3 Å². The summed E-state index contributed by atoms with van der Waals surface area (Å²) in [5.74, 6) is 0.602. The Morgan fingerprint density at radius 1 is 1.17 bits per heavy atom. The first-order chi connectivity index (χ1) is 11.2. The van der Waals surface area contributed by atoms with E-state index in [0.717, 1.165) is 41.6 Å². The highest BCUT2D eigenvalue weighted by Crippen LogP contribution is 2.27. The van der Waals surface area contributed by atoms with E-state index in [-0.39, 0.29) is 0 Å². The molecule has 3 heterocycles. The molecule has 0 atom stereocenters. The zero-order valence-electron chi connectivity index (χ0n) is 13.6. The third-order valence-electron chi connectivity index (χ3n) is 4.58. The predicted molar refractivity (Wildman–Crippen MR) is 89.3 cm³/mol. The van der Waals surface area contributed by atoms with Crippen molar-refractivity contribution in [3.8, 4) is 0 Å². The van der Waals surface area contributed by atoms with Gasteiger partial charge in [-0.3, -0.25) is 4.98 Å². The summed E-state index contributed by atoms with van der Waals surface area (Å²) in [5, 5.41) is 1.16. The van der Waals surface area contributed by atoms with Gasteiger partial charge >= 0.3 is 0 Å². The van der Waals surface area contributed by atoms with Crippen molar-refractivity contribution in [2.24, 2.45) is 0 Å². The lowest BCUT2D eigenvalue weighted by atomic mass is 10.1. The van der Waals surface area contributed by atoms with E-state index in [0.29, 0.717) is 13.2 Å². The van der Waals surface area contributed by atoms with Crippen LogP contribution >= 0.6 is 0 Å². The second-order valence-corrected chi connectivity index (χ2v) is 6.25. The van der Waals surface area contributed by atoms with Crippen LogP contribution < -0.4 is 0 Å². The normalized spacial score (nSPS) is 17.3. The monoisotopic (exact) mass is 311 g/mol. The van der Waals surface area contributed by atoms with E-state index in [4.69, 9.17) is 9.47 Å². The molecule has 23 heavy (non-hydrogen) atoms. The highest BCUT2D eigenvalue weighted by atomic mass is 16.7. The first kappa shape index (κ1) is 14.6. The second-order valence-electron chi connectivity index (χ2n) is 6.25. The Hall–Kier alpha value is -1.98. The van der Waals surface area contributed by atoms with Gasteiger partial charge in [0, 0.05) is 18.4 Å². The molecule has 0 N–H and O–H groups in total. The molecule has 0 saturated carbocycles. The van der Waals surface area contributed by atoms with Gasteiger partial charge in [-0.25, -0.2) is 4.98 Å². The lowest BCUT2D eigenvalue weighted by Crippen LogP contribution is -2.25. The summed E-state index contributed by atoms with van der Waals surface area (Å²) in [7, 11) is 0. The molecule has 0 radical (unpaired) electrons. The van der Waals surface area contributed by atoms with Crippen molar-refractivity contribution in [2.45, 2.75) is 39.0 Å². The summed E-state index contributed by atoms with van der Waals surface area (Å²) in [6.07, 6.45) is 3.74. The number of rotatable bonds is 4. The van der Waals surface area contributed by atoms with E-state index in [1.807, 2.05) is 25.3 Å². The van der Waals surface area contributed by atoms with Crippen molar-refractivity contribution in [2.75, 3.05) is 13.2 Å². The van der Waals surface area contributed by atoms with Crippen molar-refractivity contribution in [1.29, 1.82) is 0 Å². The van der Waals surface area contributed by atoms with Crippen molar-refractivity contribution in [3.63, 3.8) is 0 Å². The number of aromatic nitrogens is 3. The van der Waals surface area contributed by atoms with E-state index in [1.54, 1.807) is 0 Å². The standard InChI is InChI=1S/C18H21N3O2/c1-13-20-16-12-19-15-7-4-3-6-14(15)17(16)21(13)9-5-8-18(2)22-10-11-23-18/h3-4,6-7,12H,5,8-11H2,1-2H3. The maximum atomic E-state index is 5.69. The Bertz CT molecular complexity index is 850. The minimum absolute atomic E-state index is 0.423. The molecular weight excluding hydrogens is 290 g/mol. The summed E-state index contributed by atoms with van der Waals surface area (Å²) in [4.78, 5) is 9.17. The van der Waals surface area contributed by atoms with E-state index in [1.165, 1.54) is 5.52 Å². The minimum Gasteiger partial charge on any atom is -0.348 e. The Morgan fingerprint density at radius 3 is 2.78 bits per heavy atom. The highest BCUT2D eigenvalue weighted by Gasteiger charge is 2.30. The van der Waals surface area contributed by atoms with Gasteiger partial charge in [0.2, 0.25) is 0 Å². The Labute approximate surface area is 135 Å². The van der Waals surface area contributed by atoms with Crippen molar-refractivity contribution < 1.29 is 9.47 Å². The molecule has 0 unspecified atom stereocenters. The van der Waals surface area contributed by atoms with Gasteiger partial charge in [0.15, 0.2) is 5.79 Å². The number of hydrogen-bond acceptors (Lipinski definition) is 4. The predicted octanol–water partition coefficient (Wildman–Crippen LogP) is 3.44. The van der Waals surface area contributed by atoms with Crippen LogP contribution in [-0.2, 0) is 16.0 Å². The van der Waals surface area contributed by atoms with Crippen LogP contribution in [0.2, 0.25) is 0 Å². The molecule has 1 saturated heterocycles. The smallest absolute Gasteiger partial charge is 0.165 e.